The predicted molar refractivity (Wildman–Crippen MR) is 140 cm³/mol. The Kier molecular flexibility index (Phi) is 9.20. The molecule has 0 unspecified atom stereocenters. The largest absolute Gasteiger partial charge is 0.497 e. The van der Waals surface area contributed by atoms with Crippen molar-refractivity contribution < 1.29 is 29.5 Å². The summed E-state index contributed by atoms with van der Waals surface area (Å²) in [7, 11) is -3.11. The Labute approximate surface area is 223 Å². The van der Waals surface area contributed by atoms with Crippen molar-refractivity contribution in [2.75, 3.05) is 14.1 Å². The van der Waals surface area contributed by atoms with E-state index in [0.717, 1.165) is 28.5 Å². The summed E-state index contributed by atoms with van der Waals surface area (Å²) in [4.78, 5) is 16.4. The molecule has 9 nitrogen and oxygen atoms in total. The summed E-state index contributed by atoms with van der Waals surface area (Å²) in [5.74, 6) is -0.0496. The molecule has 0 aliphatic heterocycles. The zero-order chi connectivity index (χ0) is 27.9. The first-order chi connectivity index (χ1) is 18.1. The Balaban J connectivity index is 1.80. The second-order valence-corrected chi connectivity index (χ2v) is 11.0. The van der Waals surface area contributed by atoms with E-state index in [2.05, 4.69) is 11.9 Å². The lowest BCUT2D eigenvalue weighted by Gasteiger charge is -2.24. The number of nitrogens with zero attached hydrogens (tertiary/aromatic N) is 3. The van der Waals surface area contributed by atoms with Crippen LogP contribution in [0.2, 0.25) is 5.15 Å². The summed E-state index contributed by atoms with van der Waals surface area (Å²) in [5.41, 5.74) is 1.89. The van der Waals surface area contributed by atoms with E-state index >= 15 is 0 Å². The van der Waals surface area contributed by atoms with Crippen molar-refractivity contribution in [2.45, 2.75) is 56.7 Å². The SMILES string of the molecule is [2H]COc1ccc(C[C@@H](C(=O)O)N(C)S(=O)(=O)c2ccc(Cn3c(CCCC)nc(Cl)c3CO)cc2)cc1. The molecule has 3 aromatic rings. The minimum atomic E-state index is -4.12. The summed E-state index contributed by atoms with van der Waals surface area (Å²) in [6.45, 7) is 2.15. The summed E-state index contributed by atoms with van der Waals surface area (Å²) in [5, 5.41) is 19.8. The van der Waals surface area contributed by atoms with Crippen molar-refractivity contribution in [3.05, 3.63) is 76.3 Å². The Bertz CT molecular complexity index is 1330. The number of carbonyl (C=O) groups is 1. The first-order valence-corrected chi connectivity index (χ1v) is 13.6. The van der Waals surface area contributed by atoms with Gasteiger partial charge in [0.25, 0.3) is 0 Å². The lowest BCUT2D eigenvalue weighted by atomic mass is 10.1. The van der Waals surface area contributed by atoms with E-state index in [0.29, 0.717) is 30.0 Å². The summed E-state index contributed by atoms with van der Waals surface area (Å²) >= 11 is 6.21. The molecule has 2 aromatic carbocycles. The van der Waals surface area contributed by atoms with Gasteiger partial charge in [0.2, 0.25) is 10.0 Å². The smallest absolute Gasteiger partial charge is 0.322 e. The van der Waals surface area contributed by atoms with Crippen molar-refractivity contribution >= 4 is 27.6 Å². The van der Waals surface area contributed by atoms with E-state index in [4.69, 9.17) is 17.7 Å². The fourth-order valence-corrected chi connectivity index (χ4v) is 5.54. The third-order valence-electron chi connectivity index (χ3n) is 6.19. The number of sulfonamides is 1. The van der Waals surface area contributed by atoms with Gasteiger partial charge in [0.05, 0.1) is 25.7 Å². The van der Waals surface area contributed by atoms with Crippen LogP contribution >= 0.6 is 11.6 Å². The Morgan fingerprint density at radius 3 is 2.41 bits per heavy atom. The van der Waals surface area contributed by atoms with Crippen LogP contribution in [0.15, 0.2) is 53.4 Å². The first kappa shape index (κ1) is 27.1. The fourth-order valence-electron chi connectivity index (χ4n) is 3.97. The number of carboxylic acids is 1. The molecule has 3 rings (SSSR count). The predicted octanol–water partition coefficient (Wildman–Crippen LogP) is 3.74. The Morgan fingerprint density at radius 2 is 1.84 bits per heavy atom. The van der Waals surface area contributed by atoms with Crippen LogP contribution < -0.4 is 4.74 Å². The molecule has 0 spiro atoms. The maximum absolute atomic E-state index is 13.3. The van der Waals surface area contributed by atoms with E-state index < -0.39 is 22.0 Å². The molecule has 11 heteroatoms. The number of aromatic nitrogens is 2. The van der Waals surface area contributed by atoms with Gasteiger partial charge in [-0.15, -0.1) is 0 Å². The van der Waals surface area contributed by atoms with E-state index in [1.165, 1.54) is 19.2 Å². The number of imidazole rings is 1. The molecule has 0 fully saturated rings. The molecule has 37 heavy (non-hydrogen) atoms. The number of carboxylic acid groups (broad SMARTS) is 1. The highest BCUT2D eigenvalue weighted by atomic mass is 35.5. The molecular formula is C26H32ClN3O6S. The van der Waals surface area contributed by atoms with E-state index in [1.54, 1.807) is 36.4 Å². The molecule has 1 atom stereocenters. The number of likely N-dealkylation sites (N-methyl/N-ethyl adjacent to an activating group) is 1. The number of ether oxygens (including phenoxy) is 1. The van der Waals surface area contributed by atoms with E-state index in [-0.39, 0.29) is 30.2 Å². The van der Waals surface area contributed by atoms with E-state index in [1.807, 2.05) is 4.57 Å². The van der Waals surface area contributed by atoms with Crippen molar-refractivity contribution in [2.24, 2.45) is 0 Å². The maximum Gasteiger partial charge on any atom is 0.322 e. The highest BCUT2D eigenvalue weighted by Crippen LogP contribution is 2.24. The second kappa shape index (κ2) is 12.6. The van der Waals surface area contributed by atoms with Crippen LogP contribution in [0.1, 0.15) is 43.8 Å². The highest BCUT2D eigenvalue weighted by molar-refractivity contribution is 7.89. The van der Waals surface area contributed by atoms with Crippen LogP contribution in [0.25, 0.3) is 0 Å². The molecule has 0 bridgehead atoms. The van der Waals surface area contributed by atoms with Gasteiger partial charge < -0.3 is 19.5 Å². The lowest BCUT2D eigenvalue weighted by molar-refractivity contribution is -0.141. The zero-order valence-corrected chi connectivity index (χ0v) is 22.4. The van der Waals surface area contributed by atoms with Gasteiger partial charge in [-0.1, -0.05) is 49.2 Å². The van der Waals surface area contributed by atoms with Gasteiger partial charge in [-0.25, -0.2) is 13.4 Å². The quantitative estimate of drug-likeness (QED) is 0.332. The number of rotatable bonds is 13. The fraction of sp³-hybridized carbons (Fsp3) is 0.385. The van der Waals surface area contributed by atoms with Crippen LogP contribution in [0, 0.1) is 0 Å². The Morgan fingerprint density at radius 1 is 1.19 bits per heavy atom. The zero-order valence-electron chi connectivity index (χ0n) is 21.8. The maximum atomic E-state index is 13.3. The first-order valence-electron chi connectivity index (χ1n) is 12.5. The summed E-state index contributed by atoms with van der Waals surface area (Å²) in [6, 6.07) is 11.4. The molecule has 0 saturated carbocycles. The molecule has 0 amide bonds. The molecule has 0 saturated heterocycles. The normalized spacial score (nSPS) is 12.9. The average Bonchev–Trinajstić information content (AvgIpc) is 3.20. The van der Waals surface area contributed by atoms with Gasteiger partial charge in [0.1, 0.15) is 17.6 Å². The van der Waals surface area contributed by atoms with Gasteiger partial charge in [-0.2, -0.15) is 4.31 Å². The molecular weight excluding hydrogens is 518 g/mol. The number of benzene rings is 2. The number of aryl methyl sites for hydroxylation is 1. The molecule has 1 heterocycles. The third-order valence-corrected chi connectivity index (χ3v) is 8.37. The van der Waals surface area contributed by atoms with Crippen LogP contribution in [0.5, 0.6) is 5.75 Å². The highest BCUT2D eigenvalue weighted by Gasteiger charge is 2.33. The van der Waals surface area contributed by atoms with Crippen molar-refractivity contribution in [1.29, 1.82) is 0 Å². The van der Waals surface area contributed by atoms with Gasteiger partial charge in [-0.3, -0.25) is 4.79 Å². The van der Waals surface area contributed by atoms with Crippen LogP contribution in [-0.4, -0.2) is 58.6 Å². The summed E-state index contributed by atoms with van der Waals surface area (Å²) in [6.07, 6.45) is 2.54. The number of hydrogen-bond acceptors (Lipinski definition) is 6. The molecule has 0 aliphatic rings. The number of unbranched alkanes of at least 4 members (excludes halogenated alkanes) is 1. The lowest BCUT2D eigenvalue weighted by Crippen LogP contribution is -2.43. The monoisotopic (exact) mass is 550 g/mol. The number of halogens is 1. The van der Waals surface area contributed by atoms with Crippen LogP contribution in [0.4, 0.5) is 0 Å². The molecule has 200 valence electrons. The third kappa shape index (κ3) is 6.70. The second-order valence-electron chi connectivity index (χ2n) is 8.62. The van der Waals surface area contributed by atoms with Gasteiger partial charge in [0, 0.05) is 20.0 Å². The number of aliphatic hydroxyl groups excluding tert-OH is 1. The minimum Gasteiger partial charge on any atom is -0.497 e. The van der Waals surface area contributed by atoms with Crippen LogP contribution in [-0.2, 0) is 40.8 Å². The van der Waals surface area contributed by atoms with Gasteiger partial charge >= 0.3 is 5.97 Å². The van der Waals surface area contributed by atoms with Crippen molar-refractivity contribution in [3.63, 3.8) is 0 Å². The van der Waals surface area contributed by atoms with Crippen molar-refractivity contribution in [3.8, 4) is 5.75 Å². The van der Waals surface area contributed by atoms with Gasteiger partial charge in [-0.05, 0) is 48.2 Å². The number of aliphatic carboxylic acids is 1. The van der Waals surface area contributed by atoms with E-state index in [9.17, 15) is 23.4 Å². The average molecular weight is 551 g/mol. The number of hydrogen-bond donors (Lipinski definition) is 2. The molecule has 0 aliphatic carbocycles. The number of aliphatic hydroxyl groups is 1. The standard InChI is InChI=1S/C26H32ClN3O6S/c1-4-5-6-24-28-25(27)23(17-31)30(24)16-19-9-13-21(14-10-19)37(34,35)29(2)22(26(32)33)15-18-7-11-20(36-3)12-8-18/h7-14,22,31H,4-6,15-17H2,1-3H3,(H,32,33)/t22-/m0/s1/i3D. The van der Waals surface area contributed by atoms with Crippen LogP contribution in [0.3, 0.4) is 0 Å². The summed E-state index contributed by atoms with van der Waals surface area (Å²) < 4.78 is 41.5. The van der Waals surface area contributed by atoms with Gasteiger partial charge in [0.15, 0.2) is 5.15 Å². The Hall–Kier alpha value is -2.92. The molecule has 2 N–H and O–H groups in total. The van der Waals surface area contributed by atoms with Crippen molar-refractivity contribution in [1.82, 2.24) is 13.9 Å². The molecule has 1 aromatic heterocycles. The molecule has 0 radical (unpaired) electrons. The number of methoxy groups -OCH3 is 1. The minimum absolute atomic E-state index is 0.0357. The topological polar surface area (TPSA) is 122 Å².